The number of ketones is 1. The zero-order chi connectivity index (χ0) is 16.7. The summed E-state index contributed by atoms with van der Waals surface area (Å²) in [7, 11) is 0. The van der Waals surface area contributed by atoms with E-state index in [2.05, 4.69) is 5.32 Å². The molecule has 1 saturated carbocycles. The van der Waals surface area contributed by atoms with Gasteiger partial charge < -0.3 is 15.5 Å². The number of phenolic OH excluding ortho intramolecular Hbond substituents is 2. The summed E-state index contributed by atoms with van der Waals surface area (Å²) in [5.41, 5.74) is 1.52. The number of hydrogen-bond acceptors (Lipinski definition) is 4. The molecule has 124 valence electrons. The van der Waals surface area contributed by atoms with Crippen LogP contribution in [-0.2, 0) is 4.79 Å². The van der Waals surface area contributed by atoms with E-state index in [9.17, 15) is 15.0 Å². The highest BCUT2D eigenvalue weighted by molar-refractivity contribution is 5.87. The SMILES string of the molecule is O=C1[C@H]2CCC[C@@H]1[C@H](c1ccccc1O)N[C@H]2c1ccccc1O. The molecular formula is C20H21NO3. The Morgan fingerprint density at radius 2 is 1.25 bits per heavy atom. The Balaban J connectivity index is 1.78. The number of fused-ring (bicyclic) bond motifs is 2. The average Bonchev–Trinajstić information content (AvgIpc) is 2.57. The predicted octanol–water partition coefficient (Wildman–Crippen LogP) is 3.47. The molecule has 2 fully saturated rings. The number of benzene rings is 2. The highest BCUT2D eigenvalue weighted by Gasteiger charge is 2.47. The van der Waals surface area contributed by atoms with Crippen LogP contribution in [0.1, 0.15) is 42.5 Å². The lowest BCUT2D eigenvalue weighted by Gasteiger charge is -2.45. The monoisotopic (exact) mass is 323 g/mol. The zero-order valence-electron chi connectivity index (χ0n) is 13.4. The van der Waals surface area contributed by atoms with Crippen molar-refractivity contribution in [3.8, 4) is 11.5 Å². The maximum Gasteiger partial charge on any atom is 0.142 e. The molecule has 2 aromatic carbocycles. The molecule has 2 bridgehead atoms. The largest absolute Gasteiger partial charge is 0.508 e. The highest BCUT2D eigenvalue weighted by atomic mass is 16.3. The van der Waals surface area contributed by atoms with Crippen LogP contribution in [0.3, 0.4) is 0 Å². The van der Waals surface area contributed by atoms with Gasteiger partial charge in [-0.2, -0.15) is 0 Å². The molecule has 0 amide bonds. The first-order valence-corrected chi connectivity index (χ1v) is 8.52. The van der Waals surface area contributed by atoms with Crippen molar-refractivity contribution in [3.05, 3.63) is 59.7 Å². The third kappa shape index (κ3) is 2.38. The van der Waals surface area contributed by atoms with Gasteiger partial charge in [0.2, 0.25) is 0 Å². The Labute approximate surface area is 141 Å². The lowest BCUT2D eigenvalue weighted by molar-refractivity contribution is -0.135. The topological polar surface area (TPSA) is 69.6 Å². The molecule has 4 heteroatoms. The van der Waals surface area contributed by atoms with Gasteiger partial charge in [0.15, 0.2) is 0 Å². The van der Waals surface area contributed by atoms with Crippen molar-refractivity contribution in [1.82, 2.24) is 5.32 Å². The molecule has 1 aliphatic heterocycles. The van der Waals surface area contributed by atoms with Crippen LogP contribution in [0.15, 0.2) is 48.5 Å². The highest BCUT2D eigenvalue weighted by Crippen LogP contribution is 2.48. The van der Waals surface area contributed by atoms with Gasteiger partial charge in [-0.15, -0.1) is 0 Å². The second-order valence-electron chi connectivity index (χ2n) is 6.79. The molecule has 4 nitrogen and oxygen atoms in total. The van der Waals surface area contributed by atoms with Gasteiger partial charge in [-0.3, -0.25) is 4.79 Å². The standard InChI is InChI=1S/C20H21NO3/c22-16-10-3-1-6-12(16)18-14-8-5-9-15(20(14)24)19(21-18)13-7-2-4-11-17(13)23/h1-4,6-7,10-11,14-15,18-19,21-23H,5,8-9H2/t14-,15+,18-,19-/m0/s1. The van der Waals surface area contributed by atoms with Gasteiger partial charge >= 0.3 is 0 Å². The maximum atomic E-state index is 13.0. The number of nitrogens with one attached hydrogen (secondary N) is 1. The molecule has 1 aliphatic carbocycles. The first kappa shape index (κ1) is 15.2. The van der Waals surface area contributed by atoms with Crippen LogP contribution in [-0.4, -0.2) is 16.0 Å². The Kier molecular flexibility index (Phi) is 3.77. The van der Waals surface area contributed by atoms with E-state index in [0.717, 1.165) is 30.4 Å². The summed E-state index contributed by atoms with van der Waals surface area (Å²) in [5.74, 6) is 0.450. The molecule has 2 aromatic rings. The average molecular weight is 323 g/mol. The first-order valence-electron chi connectivity index (χ1n) is 8.52. The lowest BCUT2D eigenvalue weighted by Crippen LogP contribution is -2.50. The minimum Gasteiger partial charge on any atom is -0.508 e. The van der Waals surface area contributed by atoms with Crippen molar-refractivity contribution < 1.29 is 15.0 Å². The first-order chi connectivity index (χ1) is 11.7. The van der Waals surface area contributed by atoms with E-state index in [4.69, 9.17) is 0 Å². The number of piperidine rings is 1. The van der Waals surface area contributed by atoms with Gasteiger partial charge in [0.1, 0.15) is 17.3 Å². The van der Waals surface area contributed by atoms with Crippen molar-refractivity contribution in [2.24, 2.45) is 11.8 Å². The van der Waals surface area contributed by atoms with Crippen molar-refractivity contribution in [3.63, 3.8) is 0 Å². The Hall–Kier alpha value is -2.33. The van der Waals surface area contributed by atoms with Crippen molar-refractivity contribution >= 4 is 5.78 Å². The van der Waals surface area contributed by atoms with Crippen LogP contribution in [0.4, 0.5) is 0 Å². The molecular weight excluding hydrogens is 302 g/mol. The van der Waals surface area contributed by atoms with Gasteiger partial charge in [-0.1, -0.05) is 42.8 Å². The minimum absolute atomic E-state index is 0.112. The van der Waals surface area contributed by atoms with Gasteiger partial charge in [-0.05, 0) is 25.0 Å². The smallest absolute Gasteiger partial charge is 0.142 e. The number of phenols is 2. The third-order valence-electron chi connectivity index (χ3n) is 5.47. The van der Waals surface area contributed by atoms with Crippen molar-refractivity contribution in [2.75, 3.05) is 0 Å². The van der Waals surface area contributed by atoms with Crippen LogP contribution >= 0.6 is 0 Å². The number of hydrogen-bond donors (Lipinski definition) is 3. The van der Waals surface area contributed by atoms with Crippen LogP contribution < -0.4 is 5.32 Å². The van der Waals surface area contributed by atoms with Crippen LogP contribution in [0.5, 0.6) is 11.5 Å². The molecule has 24 heavy (non-hydrogen) atoms. The van der Waals surface area contributed by atoms with E-state index in [1.54, 1.807) is 24.3 Å². The minimum atomic E-state index is -0.222. The summed E-state index contributed by atoms with van der Waals surface area (Å²) in [4.78, 5) is 13.0. The zero-order valence-corrected chi connectivity index (χ0v) is 13.4. The van der Waals surface area contributed by atoms with E-state index in [0.29, 0.717) is 0 Å². The van der Waals surface area contributed by atoms with E-state index in [1.807, 2.05) is 24.3 Å². The van der Waals surface area contributed by atoms with Crippen LogP contribution in [0.25, 0.3) is 0 Å². The molecule has 4 atom stereocenters. The van der Waals surface area contributed by atoms with Gasteiger partial charge in [0.05, 0.1) is 0 Å². The number of aromatic hydroxyl groups is 2. The summed E-state index contributed by atoms with van der Waals surface area (Å²) in [6.45, 7) is 0. The van der Waals surface area contributed by atoms with Crippen molar-refractivity contribution in [2.45, 2.75) is 31.3 Å². The lowest BCUT2D eigenvalue weighted by atomic mass is 9.67. The molecule has 0 aromatic heterocycles. The van der Waals surface area contributed by atoms with E-state index < -0.39 is 0 Å². The molecule has 0 spiro atoms. The Bertz CT molecular complexity index is 711. The number of Topliss-reactive ketones (excluding diaryl/α,β-unsaturated/α-hetero) is 1. The molecule has 4 rings (SSSR count). The fraction of sp³-hybridized carbons (Fsp3) is 0.350. The van der Waals surface area contributed by atoms with Crippen LogP contribution in [0, 0.1) is 11.8 Å². The van der Waals surface area contributed by atoms with Crippen LogP contribution in [0.2, 0.25) is 0 Å². The molecule has 1 heterocycles. The number of rotatable bonds is 2. The fourth-order valence-electron chi connectivity index (χ4n) is 4.32. The molecule has 1 saturated heterocycles. The fourth-order valence-corrected chi connectivity index (χ4v) is 4.32. The summed E-state index contributed by atoms with van der Waals surface area (Å²) in [6.07, 6.45) is 2.68. The number of carbonyl (C=O) groups is 1. The van der Waals surface area contributed by atoms with E-state index >= 15 is 0 Å². The summed E-state index contributed by atoms with van der Waals surface area (Å²) in [5, 5.41) is 24.1. The third-order valence-corrected chi connectivity index (χ3v) is 5.47. The molecule has 0 radical (unpaired) electrons. The number of para-hydroxylation sites is 2. The summed E-state index contributed by atoms with van der Waals surface area (Å²) >= 11 is 0. The van der Waals surface area contributed by atoms with E-state index in [-0.39, 0.29) is 41.2 Å². The van der Waals surface area contributed by atoms with Crippen molar-refractivity contribution in [1.29, 1.82) is 0 Å². The number of carbonyl (C=O) groups excluding carboxylic acids is 1. The second-order valence-corrected chi connectivity index (χ2v) is 6.79. The normalized spacial score (nSPS) is 29.4. The quantitative estimate of drug-likeness (QED) is 0.791. The van der Waals surface area contributed by atoms with Gasteiger partial charge in [0, 0.05) is 35.0 Å². The molecule has 0 unspecified atom stereocenters. The Morgan fingerprint density at radius 1 is 0.792 bits per heavy atom. The second kappa shape index (κ2) is 5.95. The van der Waals surface area contributed by atoms with E-state index in [1.165, 1.54) is 0 Å². The summed E-state index contributed by atoms with van der Waals surface area (Å²) in [6, 6.07) is 13.9. The van der Waals surface area contributed by atoms with Gasteiger partial charge in [0.25, 0.3) is 0 Å². The molecule has 2 aliphatic rings. The molecule has 3 N–H and O–H groups in total. The van der Waals surface area contributed by atoms with Gasteiger partial charge in [-0.25, -0.2) is 0 Å². The maximum absolute atomic E-state index is 13.0. The summed E-state index contributed by atoms with van der Waals surface area (Å²) < 4.78 is 0. The Morgan fingerprint density at radius 3 is 1.71 bits per heavy atom. The predicted molar refractivity (Wildman–Crippen MR) is 90.7 cm³/mol.